The number of carbonyl (C=O) groups is 1. The Morgan fingerprint density at radius 3 is 2.42 bits per heavy atom. The molecule has 0 atom stereocenters. The predicted octanol–water partition coefficient (Wildman–Crippen LogP) is 5.17. The number of thioether (sulfide) groups is 1. The molecule has 1 aromatic heterocycles. The molecule has 3 aromatic rings. The lowest BCUT2D eigenvalue weighted by Gasteiger charge is -2.08. The molecular weight excluding hydrogens is 342 g/mol. The first-order valence-electron chi connectivity index (χ1n) is 8.61. The van der Waals surface area contributed by atoms with E-state index < -0.39 is 0 Å². The molecule has 132 valence electrons. The van der Waals surface area contributed by atoms with Crippen molar-refractivity contribution < 1.29 is 4.79 Å². The number of para-hydroxylation sites is 1. The van der Waals surface area contributed by atoms with Gasteiger partial charge in [-0.1, -0.05) is 48.5 Å². The van der Waals surface area contributed by atoms with Crippen LogP contribution in [0.5, 0.6) is 0 Å². The average molecular weight is 363 g/mol. The van der Waals surface area contributed by atoms with Crippen LogP contribution in [-0.2, 0) is 11.2 Å². The van der Waals surface area contributed by atoms with E-state index in [2.05, 4.69) is 27.4 Å². The first-order valence-corrected chi connectivity index (χ1v) is 9.43. The van der Waals surface area contributed by atoms with Gasteiger partial charge in [0.05, 0.1) is 0 Å². The van der Waals surface area contributed by atoms with Crippen LogP contribution >= 0.6 is 11.8 Å². The summed E-state index contributed by atoms with van der Waals surface area (Å²) in [5.74, 6) is 0.697. The average Bonchev–Trinajstić information content (AvgIpc) is 2.63. The summed E-state index contributed by atoms with van der Waals surface area (Å²) in [6.07, 6.45) is 2.25. The largest absolute Gasteiger partial charge is 0.340 e. The summed E-state index contributed by atoms with van der Waals surface area (Å²) in [5.41, 5.74) is 3.04. The summed E-state index contributed by atoms with van der Waals surface area (Å²) in [6.45, 7) is 1.90. The van der Waals surface area contributed by atoms with Crippen LogP contribution in [-0.4, -0.2) is 15.1 Å². The highest BCUT2D eigenvalue weighted by Crippen LogP contribution is 2.22. The highest BCUT2D eigenvalue weighted by molar-refractivity contribution is 8.13. The Hall–Kier alpha value is -2.66. The van der Waals surface area contributed by atoms with E-state index in [0.29, 0.717) is 17.4 Å². The van der Waals surface area contributed by atoms with Crippen molar-refractivity contribution in [3.05, 3.63) is 78.0 Å². The monoisotopic (exact) mass is 363 g/mol. The number of hydrogen-bond donors (Lipinski definition) is 1. The highest BCUT2D eigenvalue weighted by Gasteiger charge is 2.10. The minimum absolute atomic E-state index is 0.0946. The van der Waals surface area contributed by atoms with Gasteiger partial charge in [0, 0.05) is 23.9 Å². The lowest BCUT2D eigenvalue weighted by molar-refractivity contribution is -0.111. The number of benzene rings is 2. The van der Waals surface area contributed by atoms with Crippen molar-refractivity contribution in [2.45, 2.75) is 31.3 Å². The maximum atomic E-state index is 12.2. The number of rotatable bonds is 7. The van der Waals surface area contributed by atoms with Gasteiger partial charge in [0.25, 0.3) is 0 Å². The second-order valence-corrected chi connectivity index (χ2v) is 7.01. The third-order valence-electron chi connectivity index (χ3n) is 3.77. The van der Waals surface area contributed by atoms with Crippen LogP contribution in [0.25, 0.3) is 0 Å². The molecule has 0 aliphatic carbocycles. The molecule has 0 aliphatic heterocycles. The number of aromatic nitrogens is 2. The van der Waals surface area contributed by atoms with E-state index in [4.69, 9.17) is 0 Å². The number of carbonyl (C=O) groups excluding carboxylic acids is 1. The summed E-state index contributed by atoms with van der Waals surface area (Å²) in [7, 11) is 0. The van der Waals surface area contributed by atoms with Gasteiger partial charge in [-0.15, -0.1) is 0 Å². The van der Waals surface area contributed by atoms with E-state index in [1.165, 1.54) is 5.56 Å². The summed E-state index contributed by atoms with van der Waals surface area (Å²) >= 11 is 1.12. The van der Waals surface area contributed by atoms with Crippen molar-refractivity contribution in [1.82, 2.24) is 9.97 Å². The van der Waals surface area contributed by atoms with Crippen molar-refractivity contribution in [3.63, 3.8) is 0 Å². The molecule has 5 heteroatoms. The standard InChI is InChI=1S/C21H21N3OS/c1-16-15-19(23-18-12-6-3-7-13-18)24-21(22-16)26-20(25)14-8-11-17-9-4-2-5-10-17/h2-7,9-10,12-13,15H,8,11,14H2,1H3,(H,22,23,24). The molecule has 0 saturated carbocycles. The van der Waals surface area contributed by atoms with Gasteiger partial charge in [0.15, 0.2) is 10.3 Å². The SMILES string of the molecule is Cc1cc(Nc2ccccc2)nc(SC(=O)CCCc2ccccc2)n1. The third kappa shape index (κ3) is 5.70. The second-order valence-electron chi connectivity index (χ2n) is 5.98. The molecule has 0 aliphatic rings. The fourth-order valence-corrected chi connectivity index (χ4v) is 3.34. The van der Waals surface area contributed by atoms with Crippen LogP contribution in [0.4, 0.5) is 11.5 Å². The Bertz CT molecular complexity index is 854. The maximum absolute atomic E-state index is 12.2. The van der Waals surface area contributed by atoms with Gasteiger partial charge in [-0.3, -0.25) is 4.79 Å². The van der Waals surface area contributed by atoms with Crippen LogP contribution in [0.3, 0.4) is 0 Å². The van der Waals surface area contributed by atoms with E-state index in [1.54, 1.807) is 0 Å². The van der Waals surface area contributed by atoms with Crippen molar-refractivity contribution in [2.24, 2.45) is 0 Å². The Kier molecular flexibility index (Phi) is 6.39. The van der Waals surface area contributed by atoms with Gasteiger partial charge in [-0.2, -0.15) is 0 Å². The van der Waals surface area contributed by atoms with Gasteiger partial charge < -0.3 is 5.32 Å². The number of nitrogens with zero attached hydrogens (tertiary/aromatic N) is 2. The van der Waals surface area contributed by atoms with Crippen LogP contribution in [0, 0.1) is 6.92 Å². The summed E-state index contributed by atoms with van der Waals surface area (Å²) in [5, 5.41) is 3.84. The molecule has 0 radical (unpaired) electrons. The van der Waals surface area contributed by atoms with Crippen LogP contribution < -0.4 is 5.32 Å². The van der Waals surface area contributed by atoms with Crippen LogP contribution in [0.1, 0.15) is 24.1 Å². The molecule has 4 nitrogen and oxygen atoms in total. The Morgan fingerprint density at radius 1 is 1.00 bits per heavy atom. The Labute approximate surface area is 158 Å². The van der Waals surface area contributed by atoms with E-state index >= 15 is 0 Å². The molecule has 0 spiro atoms. The smallest absolute Gasteiger partial charge is 0.197 e. The van der Waals surface area contributed by atoms with Crippen molar-refractivity contribution in [1.29, 1.82) is 0 Å². The fourth-order valence-electron chi connectivity index (χ4n) is 2.55. The number of aryl methyl sites for hydroxylation is 2. The zero-order valence-corrected chi connectivity index (χ0v) is 15.5. The molecule has 1 N–H and O–H groups in total. The number of anilines is 2. The summed E-state index contributed by atoms with van der Waals surface area (Å²) < 4.78 is 0. The van der Waals surface area contributed by atoms with Crippen molar-refractivity contribution in [3.8, 4) is 0 Å². The quantitative estimate of drug-likeness (QED) is 0.463. The normalized spacial score (nSPS) is 10.5. The molecule has 0 amide bonds. The van der Waals surface area contributed by atoms with Gasteiger partial charge in [-0.25, -0.2) is 9.97 Å². The maximum Gasteiger partial charge on any atom is 0.197 e. The lowest BCUT2D eigenvalue weighted by Crippen LogP contribution is -2.01. The Morgan fingerprint density at radius 2 is 1.69 bits per heavy atom. The van der Waals surface area contributed by atoms with Crippen LogP contribution in [0.2, 0.25) is 0 Å². The van der Waals surface area contributed by atoms with E-state index in [1.807, 2.05) is 61.5 Å². The van der Waals surface area contributed by atoms with E-state index in [9.17, 15) is 4.79 Å². The summed E-state index contributed by atoms with van der Waals surface area (Å²) in [6, 6.07) is 21.9. The first kappa shape index (κ1) is 18.1. The van der Waals surface area contributed by atoms with Gasteiger partial charge in [-0.05, 0) is 49.2 Å². The first-order chi connectivity index (χ1) is 12.7. The van der Waals surface area contributed by atoms with Crippen LogP contribution in [0.15, 0.2) is 71.9 Å². The zero-order valence-electron chi connectivity index (χ0n) is 14.7. The summed E-state index contributed by atoms with van der Waals surface area (Å²) in [4.78, 5) is 21.1. The number of nitrogens with one attached hydrogen (secondary N) is 1. The highest BCUT2D eigenvalue weighted by atomic mass is 32.2. The number of hydrogen-bond acceptors (Lipinski definition) is 5. The molecule has 3 rings (SSSR count). The van der Waals surface area contributed by atoms with Gasteiger partial charge in [0.2, 0.25) is 0 Å². The second kappa shape index (κ2) is 9.15. The van der Waals surface area contributed by atoms with Gasteiger partial charge >= 0.3 is 0 Å². The van der Waals surface area contributed by atoms with E-state index in [-0.39, 0.29) is 5.12 Å². The molecule has 0 saturated heterocycles. The topological polar surface area (TPSA) is 54.9 Å². The minimum atomic E-state index is 0.0946. The molecular formula is C21H21N3OS. The van der Waals surface area contributed by atoms with E-state index in [0.717, 1.165) is 36.0 Å². The molecule has 26 heavy (non-hydrogen) atoms. The third-order valence-corrected chi connectivity index (χ3v) is 4.57. The fraction of sp³-hybridized carbons (Fsp3) is 0.190. The lowest BCUT2D eigenvalue weighted by atomic mass is 10.1. The van der Waals surface area contributed by atoms with Crippen molar-refractivity contribution in [2.75, 3.05) is 5.32 Å². The molecule has 0 unspecified atom stereocenters. The molecule has 0 bridgehead atoms. The van der Waals surface area contributed by atoms with Gasteiger partial charge in [0.1, 0.15) is 5.82 Å². The molecule has 0 fully saturated rings. The zero-order chi connectivity index (χ0) is 18.2. The molecule has 1 heterocycles. The predicted molar refractivity (Wildman–Crippen MR) is 107 cm³/mol. The molecule has 2 aromatic carbocycles. The Balaban J connectivity index is 1.56. The minimum Gasteiger partial charge on any atom is -0.340 e. The van der Waals surface area contributed by atoms with Crippen molar-refractivity contribution >= 4 is 28.4 Å².